The maximum Gasteiger partial charge on any atom is 0.324 e. The van der Waals surface area contributed by atoms with E-state index in [1.54, 1.807) is 18.2 Å². The fourth-order valence-corrected chi connectivity index (χ4v) is 3.89. The maximum absolute atomic E-state index is 12.6. The van der Waals surface area contributed by atoms with E-state index in [1.807, 2.05) is 12.1 Å². The lowest BCUT2D eigenvalue weighted by Gasteiger charge is -2.30. The monoisotopic (exact) mass is 419 g/mol. The van der Waals surface area contributed by atoms with E-state index in [0.717, 1.165) is 37.4 Å². The number of carbonyl (C=O) groups excluding carboxylic acids is 1. The molecular formula is C20H19Cl2N3O3. The molecule has 1 aromatic heterocycles. The summed E-state index contributed by atoms with van der Waals surface area (Å²) in [6.07, 6.45) is 0.500. The molecule has 0 amide bonds. The number of ether oxygens (including phenoxy) is 1. The summed E-state index contributed by atoms with van der Waals surface area (Å²) in [6.45, 7) is 3.80. The predicted octanol–water partition coefficient (Wildman–Crippen LogP) is 3.56. The number of fused-ring (bicyclic) bond motifs is 2. The minimum atomic E-state index is -0.564. The van der Waals surface area contributed by atoms with E-state index in [0.29, 0.717) is 34.2 Å². The SMILES string of the molecule is Cl.O=C1Oc2cc(N3CCNCC3)ccc2CC1c1nc2c(Cl)cccc2o1. The van der Waals surface area contributed by atoms with Crippen molar-refractivity contribution in [2.24, 2.45) is 0 Å². The summed E-state index contributed by atoms with van der Waals surface area (Å²) in [7, 11) is 0. The van der Waals surface area contributed by atoms with Crippen LogP contribution in [0.25, 0.3) is 11.1 Å². The molecule has 1 saturated heterocycles. The predicted molar refractivity (Wildman–Crippen MR) is 110 cm³/mol. The molecule has 0 aliphatic carbocycles. The van der Waals surface area contributed by atoms with Crippen molar-refractivity contribution in [1.29, 1.82) is 0 Å². The third-order valence-electron chi connectivity index (χ3n) is 5.14. The quantitative estimate of drug-likeness (QED) is 0.505. The van der Waals surface area contributed by atoms with Gasteiger partial charge in [-0.05, 0) is 30.2 Å². The van der Waals surface area contributed by atoms with Crippen LogP contribution in [0.5, 0.6) is 5.75 Å². The van der Waals surface area contributed by atoms with Gasteiger partial charge in [-0.2, -0.15) is 0 Å². The molecule has 0 spiro atoms. The number of rotatable bonds is 2. The van der Waals surface area contributed by atoms with Crippen LogP contribution in [0.2, 0.25) is 5.02 Å². The number of esters is 1. The summed E-state index contributed by atoms with van der Waals surface area (Å²) in [4.78, 5) is 19.4. The van der Waals surface area contributed by atoms with Crippen LogP contribution in [-0.2, 0) is 11.2 Å². The molecule has 28 heavy (non-hydrogen) atoms. The van der Waals surface area contributed by atoms with E-state index in [9.17, 15) is 4.79 Å². The summed E-state index contributed by atoms with van der Waals surface area (Å²) in [5, 5.41) is 3.85. The Kier molecular flexibility index (Phi) is 5.19. The molecule has 146 valence electrons. The van der Waals surface area contributed by atoms with Crippen LogP contribution < -0.4 is 15.0 Å². The van der Waals surface area contributed by atoms with Gasteiger partial charge in [-0.1, -0.05) is 23.7 Å². The van der Waals surface area contributed by atoms with Crippen molar-refractivity contribution in [1.82, 2.24) is 10.3 Å². The number of anilines is 1. The van der Waals surface area contributed by atoms with Gasteiger partial charge in [0.25, 0.3) is 0 Å². The second kappa shape index (κ2) is 7.62. The molecule has 1 fully saturated rings. The number of benzene rings is 2. The zero-order valence-electron chi connectivity index (χ0n) is 15.0. The lowest BCUT2D eigenvalue weighted by Crippen LogP contribution is -2.43. The third kappa shape index (κ3) is 3.32. The molecule has 1 N–H and O–H groups in total. The van der Waals surface area contributed by atoms with Gasteiger partial charge < -0.3 is 19.4 Å². The highest BCUT2D eigenvalue weighted by atomic mass is 35.5. The van der Waals surface area contributed by atoms with Gasteiger partial charge in [0, 0.05) is 37.9 Å². The van der Waals surface area contributed by atoms with Crippen LogP contribution in [0.1, 0.15) is 17.4 Å². The molecule has 5 rings (SSSR count). The van der Waals surface area contributed by atoms with Crippen LogP contribution >= 0.6 is 24.0 Å². The van der Waals surface area contributed by atoms with Gasteiger partial charge in [0.05, 0.1) is 5.02 Å². The third-order valence-corrected chi connectivity index (χ3v) is 5.44. The Labute approximate surface area is 173 Å². The van der Waals surface area contributed by atoms with Crippen LogP contribution in [-0.4, -0.2) is 37.1 Å². The number of nitrogens with one attached hydrogen (secondary N) is 1. The molecule has 0 bridgehead atoms. The Balaban J connectivity index is 0.00000192. The first-order valence-electron chi connectivity index (χ1n) is 9.04. The van der Waals surface area contributed by atoms with E-state index < -0.39 is 5.92 Å². The molecule has 1 atom stereocenters. The van der Waals surface area contributed by atoms with Gasteiger partial charge in [0.15, 0.2) is 5.58 Å². The molecule has 6 nitrogen and oxygen atoms in total. The second-order valence-corrected chi connectivity index (χ2v) is 7.25. The zero-order chi connectivity index (χ0) is 18.4. The summed E-state index contributed by atoms with van der Waals surface area (Å²) in [5.41, 5.74) is 3.20. The number of nitrogens with zero attached hydrogens (tertiary/aromatic N) is 2. The molecule has 2 aliphatic rings. The lowest BCUT2D eigenvalue weighted by molar-refractivity contribution is -0.137. The van der Waals surface area contributed by atoms with Crippen molar-refractivity contribution in [3.63, 3.8) is 0 Å². The summed E-state index contributed by atoms with van der Waals surface area (Å²) in [6, 6.07) is 11.4. The van der Waals surface area contributed by atoms with E-state index in [2.05, 4.69) is 21.3 Å². The Hall–Kier alpha value is -2.28. The Morgan fingerprint density at radius 1 is 1.18 bits per heavy atom. The number of halogens is 2. The van der Waals surface area contributed by atoms with E-state index in [1.165, 1.54) is 0 Å². The van der Waals surface area contributed by atoms with Gasteiger partial charge >= 0.3 is 5.97 Å². The second-order valence-electron chi connectivity index (χ2n) is 6.85. The first kappa shape index (κ1) is 19.1. The van der Waals surface area contributed by atoms with Crippen molar-refractivity contribution < 1.29 is 13.9 Å². The van der Waals surface area contributed by atoms with Gasteiger partial charge in [-0.25, -0.2) is 4.98 Å². The molecule has 1 unspecified atom stereocenters. The van der Waals surface area contributed by atoms with Crippen molar-refractivity contribution in [2.75, 3.05) is 31.1 Å². The fourth-order valence-electron chi connectivity index (χ4n) is 3.68. The van der Waals surface area contributed by atoms with Crippen molar-refractivity contribution in [3.05, 3.63) is 52.9 Å². The largest absolute Gasteiger partial charge is 0.440 e. The highest BCUT2D eigenvalue weighted by Crippen LogP contribution is 2.37. The van der Waals surface area contributed by atoms with Crippen LogP contribution in [0.15, 0.2) is 40.8 Å². The molecule has 2 aliphatic heterocycles. The zero-order valence-corrected chi connectivity index (χ0v) is 16.6. The van der Waals surface area contributed by atoms with Gasteiger partial charge in [0.2, 0.25) is 5.89 Å². The molecule has 0 saturated carbocycles. The summed E-state index contributed by atoms with van der Waals surface area (Å²) >= 11 is 6.17. The first-order chi connectivity index (χ1) is 13.2. The average molecular weight is 420 g/mol. The van der Waals surface area contributed by atoms with E-state index >= 15 is 0 Å². The number of oxazole rings is 1. The van der Waals surface area contributed by atoms with Crippen LogP contribution in [0.3, 0.4) is 0 Å². The smallest absolute Gasteiger partial charge is 0.324 e. The average Bonchev–Trinajstić information content (AvgIpc) is 3.13. The van der Waals surface area contributed by atoms with Crippen molar-refractivity contribution in [2.45, 2.75) is 12.3 Å². The van der Waals surface area contributed by atoms with Gasteiger partial charge in [-0.15, -0.1) is 12.4 Å². The molecule has 2 aromatic carbocycles. The fraction of sp³-hybridized carbons (Fsp3) is 0.300. The van der Waals surface area contributed by atoms with Crippen molar-refractivity contribution >= 4 is 46.8 Å². The Bertz CT molecular complexity index is 1030. The number of piperazine rings is 1. The minimum Gasteiger partial charge on any atom is -0.440 e. The number of hydrogen-bond donors (Lipinski definition) is 1. The molecule has 3 aromatic rings. The molecule has 3 heterocycles. The van der Waals surface area contributed by atoms with E-state index in [4.69, 9.17) is 20.8 Å². The summed E-state index contributed by atoms with van der Waals surface area (Å²) in [5.74, 6) is 0.0648. The lowest BCUT2D eigenvalue weighted by atomic mass is 9.95. The topological polar surface area (TPSA) is 67.6 Å². The number of para-hydroxylation sites is 1. The minimum absolute atomic E-state index is 0. The highest BCUT2D eigenvalue weighted by molar-refractivity contribution is 6.34. The standard InChI is InChI=1S/C20H18ClN3O3.ClH/c21-15-2-1-3-16-18(15)23-19(26-16)14-10-12-4-5-13(11-17(12)27-20(14)25)24-8-6-22-7-9-24;/h1-5,11,14,22H,6-10H2;1H. The van der Waals surface area contributed by atoms with Gasteiger partial charge in [0.1, 0.15) is 17.2 Å². The van der Waals surface area contributed by atoms with E-state index in [-0.39, 0.29) is 18.4 Å². The molecule has 8 heteroatoms. The van der Waals surface area contributed by atoms with Crippen molar-refractivity contribution in [3.8, 4) is 5.75 Å². The number of hydrogen-bond acceptors (Lipinski definition) is 6. The number of carbonyl (C=O) groups is 1. The Morgan fingerprint density at radius 2 is 2.00 bits per heavy atom. The molecule has 0 radical (unpaired) electrons. The highest BCUT2D eigenvalue weighted by Gasteiger charge is 2.34. The first-order valence-corrected chi connectivity index (χ1v) is 9.42. The summed E-state index contributed by atoms with van der Waals surface area (Å²) < 4.78 is 11.4. The van der Waals surface area contributed by atoms with Crippen LogP contribution in [0, 0.1) is 0 Å². The Morgan fingerprint density at radius 3 is 2.79 bits per heavy atom. The normalized spacial score (nSPS) is 19.1. The maximum atomic E-state index is 12.6. The van der Waals surface area contributed by atoms with Gasteiger partial charge in [-0.3, -0.25) is 4.79 Å². The van der Waals surface area contributed by atoms with Crippen LogP contribution in [0.4, 0.5) is 5.69 Å². The number of aromatic nitrogens is 1. The molecular weight excluding hydrogens is 401 g/mol.